The van der Waals surface area contributed by atoms with Crippen LogP contribution in [0.25, 0.3) is 0 Å². The van der Waals surface area contributed by atoms with Crippen LogP contribution in [0.3, 0.4) is 0 Å². The third-order valence-electron chi connectivity index (χ3n) is 3.91. The molecule has 2 rings (SSSR count). The highest BCUT2D eigenvalue weighted by Crippen LogP contribution is 2.19. The van der Waals surface area contributed by atoms with Gasteiger partial charge in [0.1, 0.15) is 5.75 Å². The molecule has 142 valence electrons. The van der Waals surface area contributed by atoms with E-state index < -0.39 is 0 Å². The number of nitrogens with one attached hydrogen (secondary N) is 2. The van der Waals surface area contributed by atoms with Crippen LogP contribution in [0.1, 0.15) is 43.0 Å². The van der Waals surface area contributed by atoms with E-state index in [-0.39, 0.29) is 0 Å². The molecule has 26 heavy (non-hydrogen) atoms. The molecule has 1 aromatic heterocycles. The van der Waals surface area contributed by atoms with Crippen LogP contribution in [0, 0.1) is 0 Å². The van der Waals surface area contributed by atoms with Crippen LogP contribution >= 0.6 is 11.3 Å². The van der Waals surface area contributed by atoms with E-state index in [0.29, 0.717) is 5.92 Å². The van der Waals surface area contributed by atoms with Gasteiger partial charge in [0.05, 0.1) is 17.8 Å². The summed E-state index contributed by atoms with van der Waals surface area (Å²) in [5.41, 5.74) is 2.41. The van der Waals surface area contributed by atoms with Crippen molar-refractivity contribution in [1.82, 2.24) is 15.6 Å². The van der Waals surface area contributed by atoms with E-state index in [0.717, 1.165) is 49.9 Å². The highest BCUT2D eigenvalue weighted by Gasteiger charge is 2.05. The fourth-order valence-electron chi connectivity index (χ4n) is 2.44. The zero-order valence-corrected chi connectivity index (χ0v) is 17.0. The number of hydrogen-bond acceptors (Lipinski definition) is 4. The van der Waals surface area contributed by atoms with Crippen molar-refractivity contribution in [3.05, 3.63) is 45.9 Å². The summed E-state index contributed by atoms with van der Waals surface area (Å²) >= 11 is 1.74. The monoisotopic (exact) mass is 374 g/mol. The van der Waals surface area contributed by atoms with Gasteiger partial charge in [0, 0.05) is 37.4 Å². The summed E-state index contributed by atoms with van der Waals surface area (Å²) in [4.78, 5) is 9.33. The Morgan fingerprint density at radius 1 is 1.19 bits per heavy atom. The van der Waals surface area contributed by atoms with Crippen molar-refractivity contribution < 1.29 is 4.74 Å². The third kappa shape index (κ3) is 6.67. The first-order valence-electron chi connectivity index (χ1n) is 9.21. The van der Waals surface area contributed by atoms with E-state index in [1.54, 1.807) is 18.4 Å². The van der Waals surface area contributed by atoms with Crippen LogP contribution in [0.2, 0.25) is 0 Å². The minimum atomic E-state index is 0.495. The first-order valence-corrected chi connectivity index (χ1v) is 10.1. The van der Waals surface area contributed by atoms with Crippen molar-refractivity contribution in [3.63, 3.8) is 0 Å². The smallest absolute Gasteiger partial charge is 0.191 e. The van der Waals surface area contributed by atoms with Gasteiger partial charge >= 0.3 is 0 Å². The quantitative estimate of drug-likeness (QED) is 0.520. The first-order chi connectivity index (χ1) is 12.6. The number of aliphatic imine (C=N–C) groups is 1. The van der Waals surface area contributed by atoms with Gasteiger partial charge in [0.15, 0.2) is 5.96 Å². The number of methoxy groups -OCH3 is 1. The summed E-state index contributed by atoms with van der Waals surface area (Å²) < 4.78 is 5.19. The Bertz CT molecular complexity index is 679. The number of aromatic nitrogens is 1. The maximum Gasteiger partial charge on any atom is 0.191 e. The summed E-state index contributed by atoms with van der Waals surface area (Å²) in [6.45, 7) is 8.86. The van der Waals surface area contributed by atoms with Gasteiger partial charge < -0.3 is 15.4 Å². The van der Waals surface area contributed by atoms with Crippen LogP contribution in [0.15, 0.2) is 34.6 Å². The Hall–Kier alpha value is -2.08. The zero-order valence-electron chi connectivity index (χ0n) is 16.2. The Balaban J connectivity index is 1.79. The summed E-state index contributed by atoms with van der Waals surface area (Å²) in [6.07, 6.45) is 1.82. The molecule has 2 N–H and O–H groups in total. The van der Waals surface area contributed by atoms with Crippen molar-refractivity contribution in [2.24, 2.45) is 4.99 Å². The predicted octanol–water partition coefficient (Wildman–Crippen LogP) is 3.62. The van der Waals surface area contributed by atoms with E-state index in [1.807, 2.05) is 12.1 Å². The van der Waals surface area contributed by atoms with Gasteiger partial charge in [-0.1, -0.05) is 26.0 Å². The van der Waals surface area contributed by atoms with Crippen LogP contribution < -0.4 is 15.4 Å². The molecule has 0 aliphatic carbocycles. The average molecular weight is 375 g/mol. The maximum absolute atomic E-state index is 5.19. The van der Waals surface area contributed by atoms with Gasteiger partial charge in [-0.2, -0.15) is 0 Å². The number of nitrogens with zero attached hydrogens (tertiary/aromatic N) is 2. The van der Waals surface area contributed by atoms with Gasteiger partial charge in [-0.05, 0) is 31.0 Å². The second-order valence-corrected chi connectivity index (χ2v) is 7.26. The van der Waals surface area contributed by atoms with Crippen LogP contribution in [-0.2, 0) is 12.8 Å². The molecule has 0 aliphatic rings. The molecule has 0 fully saturated rings. The molecule has 0 unspecified atom stereocenters. The zero-order chi connectivity index (χ0) is 18.8. The molecule has 1 heterocycles. The Labute approximate surface area is 160 Å². The van der Waals surface area contributed by atoms with Crippen molar-refractivity contribution in [2.45, 2.75) is 39.5 Å². The normalized spacial score (nSPS) is 11.7. The van der Waals surface area contributed by atoms with Crippen molar-refractivity contribution in [2.75, 3.05) is 26.7 Å². The van der Waals surface area contributed by atoms with E-state index in [4.69, 9.17) is 4.74 Å². The third-order valence-corrected chi connectivity index (χ3v) is 5.10. The van der Waals surface area contributed by atoms with Crippen LogP contribution in [0.4, 0.5) is 0 Å². The number of guanidine groups is 1. The van der Waals surface area contributed by atoms with E-state index in [9.17, 15) is 0 Å². The molecule has 2 aromatic rings. The molecule has 0 spiro atoms. The lowest BCUT2D eigenvalue weighted by Crippen LogP contribution is -2.38. The molecule has 0 radical (unpaired) electrons. The SMILES string of the molecule is CCNC(=NCCc1csc(C(C)C)n1)NCCc1ccc(OC)cc1. The number of hydrogen-bond donors (Lipinski definition) is 2. The van der Waals surface area contributed by atoms with Crippen LogP contribution in [-0.4, -0.2) is 37.7 Å². The molecule has 0 aliphatic heterocycles. The van der Waals surface area contributed by atoms with Crippen molar-refractivity contribution in [3.8, 4) is 5.75 Å². The van der Waals surface area contributed by atoms with E-state index in [2.05, 4.69) is 58.9 Å². The second-order valence-electron chi connectivity index (χ2n) is 6.37. The average Bonchev–Trinajstić information content (AvgIpc) is 3.11. The lowest BCUT2D eigenvalue weighted by Gasteiger charge is -2.11. The Morgan fingerprint density at radius 2 is 1.96 bits per heavy atom. The summed E-state index contributed by atoms with van der Waals surface area (Å²) in [6, 6.07) is 8.18. The molecule has 0 saturated carbocycles. The molecule has 0 bridgehead atoms. The molecule has 1 aromatic carbocycles. The fourth-order valence-corrected chi connectivity index (χ4v) is 3.31. The molecular formula is C20H30N4OS. The summed E-state index contributed by atoms with van der Waals surface area (Å²) in [7, 11) is 1.69. The minimum absolute atomic E-state index is 0.495. The molecule has 0 amide bonds. The van der Waals surface area contributed by atoms with Crippen molar-refractivity contribution in [1.29, 1.82) is 0 Å². The minimum Gasteiger partial charge on any atom is -0.497 e. The van der Waals surface area contributed by atoms with Gasteiger partial charge in [-0.15, -0.1) is 11.3 Å². The molecule has 0 saturated heterocycles. The molecule has 5 nitrogen and oxygen atoms in total. The lowest BCUT2D eigenvalue weighted by molar-refractivity contribution is 0.414. The topological polar surface area (TPSA) is 58.5 Å². The standard InChI is InChI=1S/C20H30N4OS/c1-5-21-20(22-12-10-16-6-8-18(25-4)9-7-16)23-13-11-17-14-26-19(24-17)15(2)3/h6-9,14-15H,5,10-13H2,1-4H3,(H2,21,22,23). The molecule has 0 atom stereocenters. The number of ether oxygens (including phenoxy) is 1. The maximum atomic E-state index is 5.19. The molecular weight excluding hydrogens is 344 g/mol. The van der Waals surface area contributed by atoms with Gasteiger partial charge in [-0.3, -0.25) is 4.99 Å². The van der Waals surface area contributed by atoms with E-state index >= 15 is 0 Å². The molecule has 6 heteroatoms. The second kappa shape index (κ2) is 10.8. The largest absolute Gasteiger partial charge is 0.497 e. The lowest BCUT2D eigenvalue weighted by atomic mass is 10.1. The fraction of sp³-hybridized carbons (Fsp3) is 0.500. The number of thiazole rings is 1. The Kier molecular flexibility index (Phi) is 8.41. The highest BCUT2D eigenvalue weighted by molar-refractivity contribution is 7.09. The Morgan fingerprint density at radius 3 is 2.58 bits per heavy atom. The van der Waals surface area contributed by atoms with Gasteiger partial charge in [-0.25, -0.2) is 4.98 Å². The van der Waals surface area contributed by atoms with E-state index in [1.165, 1.54) is 10.6 Å². The van der Waals surface area contributed by atoms with Crippen LogP contribution in [0.5, 0.6) is 5.75 Å². The van der Waals surface area contributed by atoms with Gasteiger partial charge in [0.25, 0.3) is 0 Å². The summed E-state index contributed by atoms with van der Waals surface area (Å²) in [5.74, 6) is 2.24. The predicted molar refractivity (Wildman–Crippen MR) is 111 cm³/mol. The van der Waals surface area contributed by atoms with Crippen molar-refractivity contribution >= 4 is 17.3 Å². The van der Waals surface area contributed by atoms with Gasteiger partial charge in [0.2, 0.25) is 0 Å². The number of rotatable bonds is 9. The summed E-state index contributed by atoms with van der Waals surface area (Å²) in [5, 5.41) is 10.0. The highest BCUT2D eigenvalue weighted by atomic mass is 32.1. The first kappa shape index (κ1) is 20.2. The number of benzene rings is 1.